The Bertz CT molecular complexity index is 994. The molecule has 0 bridgehead atoms. The molecule has 31 heavy (non-hydrogen) atoms. The third kappa shape index (κ3) is 5.19. The van der Waals surface area contributed by atoms with E-state index in [1.807, 2.05) is 25.1 Å². The second-order valence-corrected chi connectivity index (χ2v) is 9.54. The fourth-order valence-electron chi connectivity index (χ4n) is 3.90. The van der Waals surface area contributed by atoms with Crippen molar-refractivity contribution in [3.8, 4) is 11.5 Å². The predicted octanol–water partition coefficient (Wildman–Crippen LogP) is 3.37. The average Bonchev–Trinajstić information content (AvgIpc) is 2.82. The molecule has 1 aliphatic heterocycles. The van der Waals surface area contributed by atoms with Crippen molar-refractivity contribution in [1.82, 2.24) is 9.62 Å². The van der Waals surface area contributed by atoms with Crippen LogP contribution in [0.2, 0.25) is 0 Å². The first-order valence-electron chi connectivity index (χ1n) is 10.5. The number of rotatable bonds is 8. The molecule has 2 aromatic carbocycles. The van der Waals surface area contributed by atoms with Crippen LogP contribution < -0.4 is 14.8 Å². The van der Waals surface area contributed by atoms with Gasteiger partial charge in [0.15, 0.2) is 11.5 Å². The SMILES string of the molecule is CC[C@H](NC(=O)[C@H]1CCCN(S(=O)(=O)c2ccccc2)C1)c1ccc(OC)c(OC)c1. The van der Waals surface area contributed by atoms with Gasteiger partial charge in [-0.05, 0) is 49.1 Å². The van der Waals surface area contributed by atoms with Crippen molar-refractivity contribution in [3.05, 3.63) is 54.1 Å². The lowest BCUT2D eigenvalue weighted by Crippen LogP contribution is -2.46. The first-order valence-corrected chi connectivity index (χ1v) is 11.9. The van der Waals surface area contributed by atoms with Crippen LogP contribution in [0.5, 0.6) is 11.5 Å². The van der Waals surface area contributed by atoms with Crippen molar-refractivity contribution >= 4 is 15.9 Å². The number of carbonyl (C=O) groups is 1. The summed E-state index contributed by atoms with van der Waals surface area (Å²) < 4.78 is 38.0. The Morgan fingerprint density at radius 2 is 1.84 bits per heavy atom. The van der Waals surface area contributed by atoms with Crippen LogP contribution in [0, 0.1) is 5.92 Å². The topological polar surface area (TPSA) is 84.9 Å². The highest BCUT2D eigenvalue weighted by Crippen LogP contribution is 2.31. The summed E-state index contributed by atoms with van der Waals surface area (Å²) in [4.78, 5) is 13.3. The molecule has 2 atom stereocenters. The molecule has 0 spiro atoms. The molecule has 0 aliphatic carbocycles. The number of nitrogens with one attached hydrogen (secondary N) is 1. The normalized spacial score (nSPS) is 18.2. The average molecular weight is 447 g/mol. The zero-order valence-corrected chi connectivity index (χ0v) is 19.0. The molecule has 0 aromatic heterocycles. The van der Waals surface area contributed by atoms with Crippen LogP contribution in [0.25, 0.3) is 0 Å². The number of carbonyl (C=O) groups excluding carboxylic acids is 1. The molecule has 1 heterocycles. The van der Waals surface area contributed by atoms with Gasteiger partial charge in [0.25, 0.3) is 0 Å². The van der Waals surface area contributed by atoms with Gasteiger partial charge in [-0.1, -0.05) is 31.2 Å². The minimum Gasteiger partial charge on any atom is -0.493 e. The van der Waals surface area contributed by atoms with Crippen molar-refractivity contribution < 1.29 is 22.7 Å². The summed E-state index contributed by atoms with van der Waals surface area (Å²) in [5.74, 6) is 0.711. The second-order valence-electron chi connectivity index (χ2n) is 7.60. The number of amides is 1. The van der Waals surface area contributed by atoms with Crippen LogP contribution in [0.3, 0.4) is 0 Å². The Morgan fingerprint density at radius 1 is 1.13 bits per heavy atom. The maximum atomic E-state index is 13.0. The minimum atomic E-state index is -3.61. The van der Waals surface area contributed by atoms with Crippen LogP contribution >= 0.6 is 0 Å². The van der Waals surface area contributed by atoms with Gasteiger partial charge in [-0.3, -0.25) is 4.79 Å². The number of methoxy groups -OCH3 is 2. The third-order valence-corrected chi connectivity index (χ3v) is 7.55. The van der Waals surface area contributed by atoms with Gasteiger partial charge in [0.1, 0.15) is 0 Å². The van der Waals surface area contributed by atoms with Crippen LogP contribution in [0.1, 0.15) is 37.8 Å². The van der Waals surface area contributed by atoms with E-state index in [4.69, 9.17) is 9.47 Å². The van der Waals surface area contributed by atoms with E-state index in [2.05, 4.69) is 5.32 Å². The van der Waals surface area contributed by atoms with Crippen molar-refractivity contribution in [2.45, 2.75) is 37.1 Å². The first-order chi connectivity index (χ1) is 14.9. The van der Waals surface area contributed by atoms with E-state index in [1.54, 1.807) is 44.6 Å². The molecule has 1 aliphatic rings. The van der Waals surface area contributed by atoms with Gasteiger partial charge in [-0.25, -0.2) is 8.42 Å². The molecule has 1 N–H and O–H groups in total. The summed E-state index contributed by atoms with van der Waals surface area (Å²) in [5, 5.41) is 3.10. The molecular formula is C23H30N2O5S. The van der Waals surface area contributed by atoms with Crippen LogP contribution in [-0.2, 0) is 14.8 Å². The summed E-state index contributed by atoms with van der Waals surface area (Å²) in [6.07, 6.45) is 2.01. The Balaban J connectivity index is 1.72. The minimum absolute atomic E-state index is 0.130. The Labute approximate surface area is 184 Å². The van der Waals surface area contributed by atoms with Crippen LogP contribution in [0.4, 0.5) is 0 Å². The maximum absolute atomic E-state index is 13.0. The molecule has 1 saturated heterocycles. The molecule has 0 unspecified atom stereocenters. The van der Waals surface area contributed by atoms with E-state index < -0.39 is 10.0 Å². The third-order valence-electron chi connectivity index (χ3n) is 5.67. The molecule has 8 heteroatoms. The molecule has 0 radical (unpaired) electrons. The standard InChI is InChI=1S/C23H30N2O5S/c1-4-20(17-12-13-21(29-2)22(15-17)30-3)24-23(26)18-9-8-14-25(16-18)31(27,28)19-10-6-5-7-11-19/h5-7,10-13,15,18,20H,4,8-9,14,16H2,1-3H3,(H,24,26)/t18-,20-/m0/s1. The summed E-state index contributed by atoms with van der Waals surface area (Å²) in [6, 6.07) is 13.7. The second kappa shape index (κ2) is 10.2. The summed E-state index contributed by atoms with van der Waals surface area (Å²) in [5.41, 5.74) is 0.915. The van der Waals surface area contributed by atoms with Crippen molar-refractivity contribution in [2.75, 3.05) is 27.3 Å². The molecule has 0 saturated carbocycles. The Kier molecular flexibility index (Phi) is 7.56. The van der Waals surface area contributed by atoms with Gasteiger partial charge in [0.05, 0.1) is 31.1 Å². The van der Waals surface area contributed by atoms with Crippen LogP contribution in [-0.4, -0.2) is 45.9 Å². The first kappa shape index (κ1) is 23.1. The zero-order chi connectivity index (χ0) is 22.4. The molecule has 1 fully saturated rings. The molecule has 168 valence electrons. The monoisotopic (exact) mass is 446 g/mol. The van der Waals surface area contributed by atoms with Gasteiger partial charge < -0.3 is 14.8 Å². The van der Waals surface area contributed by atoms with E-state index in [-0.39, 0.29) is 29.3 Å². The van der Waals surface area contributed by atoms with Gasteiger partial charge in [0.2, 0.25) is 15.9 Å². The number of hydrogen-bond acceptors (Lipinski definition) is 5. The lowest BCUT2D eigenvalue weighted by Gasteiger charge is -2.32. The van der Waals surface area contributed by atoms with Crippen molar-refractivity contribution in [3.63, 3.8) is 0 Å². The van der Waals surface area contributed by atoms with Gasteiger partial charge in [-0.2, -0.15) is 4.31 Å². The van der Waals surface area contributed by atoms with Crippen molar-refractivity contribution in [2.24, 2.45) is 5.92 Å². The zero-order valence-electron chi connectivity index (χ0n) is 18.2. The number of sulfonamides is 1. The highest BCUT2D eigenvalue weighted by molar-refractivity contribution is 7.89. The Hall–Kier alpha value is -2.58. The summed E-state index contributed by atoms with van der Waals surface area (Å²) in [6.45, 7) is 2.61. The van der Waals surface area contributed by atoms with E-state index in [1.165, 1.54) is 4.31 Å². The van der Waals surface area contributed by atoms with E-state index in [0.717, 1.165) is 5.56 Å². The molecule has 1 amide bonds. The molecule has 7 nitrogen and oxygen atoms in total. The number of benzene rings is 2. The molecular weight excluding hydrogens is 416 g/mol. The van der Waals surface area contributed by atoms with E-state index >= 15 is 0 Å². The lowest BCUT2D eigenvalue weighted by atomic mass is 9.97. The highest BCUT2D eigenvalue weighted by Gasteiger charge is 2.33. The fourth-order valence-corrected chi connectivity index (χ4v) is 5.44. The van der Waals surface area contributed by atoms with Gasteiger partial charge in [0, 0.05) is 13.1 Å². The fraction of sp³-hybridized carbons (Fsp3) is 0.435. The lowest BCUT2D eigenvalue weighted by molar-refractivity contribution is -0.126. The summed E-state index contributed by atoms with van der Waals surface area (Å²) >= 11 is 0. The van der Waals surface area contributed by atoms with E-state index in [0.29, 0.717) is 37.3 Å². The molecule has 3 rings (SSSR count). The summed E-state index contributed by atoms with van der Waals surface area (Å²) in [7, 11) is -0.456. The maximum Gasteiger partial charge on any atom is 0.243 e. The van der Waals surface area contributed by atoms with Gasteiger partial charge >= 0.3 is 0 Å². The van der Waals surface area contributed by atoms with E-state index in [9.17, 15) is 13.2 Å². The number of piperidine rings is 1. The largest absolute Gasteiger partial charge is 0.493 e. The van der Waals surface area contributed by atoms with Gasteiger partial charge in [-0.15, -0.1) is 0 Å². The Morgan fingerprint density at radius 3 is 2.48 bits per heavy atom. The predicted molar refractivity (Wildman–Crippen MR) is 119 cm³/mol. The van der Waals surface area contributed by atoms with Crippen LogP contribution in [0.15, 0.2) is 53.4 Å². The quantitative estimate of drug-likeness (QED) is 0.672. The highest BCUT2D eigenvalue weighted by atomic mass is 32.2. The number of ether oxygens (including phenoxy) is 2. The number of nitrogens with zero attached hydrogens (tertiary/aromatic N) is 1. The number of hydrogen-bond donors (Lipinski definition) is 1. The molecule has 2 aromatic rings. The smallest absolute Gasteiger partial charge is 0.243 e. The van der Waals surface area contributed by atoms with Crippen molar-refractivity contribution in [1.29, 1.82) is 0 Å².